The fraction of sp³-hybridized carbons (Fsp3) is 0.250. The van der Waals surface area contributed by atoms with E-state index < -0.39 is 24.0 Å². The van der Waals surface area contributed by atoms with Crippen molar-refractivity contribution in [1.82, 2.24) is 0 Å². The predicted octanol–water partition coefficient (Wildman–Crippen LogP) is 4.17. The van der Waals surface area contributed by atoms with Crippen molar-refractivity contribution in [2.75, 3.05) is 0 Å². The molecule has 0 aliphatic rings. The quantitative estimate of drug-likeness (QED) is 0.912. The van der Waals surface area contributed by atoms with Crippen molar-refractivity contribution >= 4 is 0 Å². The van der Waals surface area contributed by atoms with E-state index in [0.29, 0.717) is 5.75 Å². The maximum Gasteiger partial charge on any atom is 0.198 e. The second-order valence-corrected chi connectivity index (χ2v) is 4.85. The largest absolute Gasteiger partial charge is 0.451 e. The highest BCUT2D eigenvalue weighted by Crippen LogP contribution is 2.32. The third-order valence-electron chi connectivity index (χ3n) is 3.22. The molecule has 0 fully saturated rings. The Morgan fingerprint density at radius 1 is 1.00 bits per heavy atom. The van der Waals surface area contributed by atoms with E-state index in [1.807, 2.05) is 26.8 Å². The summed E-state index contributed by atoms with van der Waals surface area (Å²) >= 11 is 0. The van der Waals surface area contributed by atoms with Crippen LogP contribution < -0.4 is 4.74 Å². The van der Waals surface area contributed by atoms with E-state index >= 15 is 0 Å². The maximum atomic E-state index is 13.8. The normalized spacial score (nSPS) is 10.7. The van der Waals surface area contributed by atoms with Gasteiger partial charge in [-0.15, -0.1) is 0 Å². The van der Waals surface area contributed by atoms with Crippen LogP contribution in [0.15, 0.2) is 24.3 Å². The van der Waals surface area contributed by atoms with Crippen LogP contribution in [-0.4, -0.2) is 5.11 Å². The number of aliphatic hydroxyl groups is 1. The van der Waals surface area contributed by atoms with Crippen molar-refractivity contribution in [3.8, 4) is 11.5 Å². The second kappa shape index (κ2) is 5.59. The summed E-state index contributed by atoms with van der Waals surface area (Å²) in [6.45, 7) is 5.22. The number of aliphatic hydroxyl groups excluding tert-OH is 1. The Bertz CT molecular complexity index is 628. The molecule has 0 aromatic heterocycles. The lowest BCUT2D eigenvalue weighted by atomic mass is 10.1. The zero-order chi connectivity index (χ0) is 14.9. The lowest BCUT2D eigenvalue weighted by Crippen LogP contribution is -1.98. The zero-order valence-electron chi connectivity index (χ0n) is 11.6. The standard InChI is InChI=1S/C16H16F2O2/c1-9-4-10(2)11(3)15(5-9)20-16-13(17)6-12(8-19)7-14(16)18/h4-7,19H,8H2,1-3H3. The molecular formula is C16H16F2O2. The topological polar surface area (TPSA) is 29.5 Å². The molecule has 0 aliphatic carbocycles. The first-order chi connectivity index (χ1) is 9.42. The number of aryl methyl sites for hydroxylation is 2. The number of ether oxygens (including phenoxy) is 1. The van der Waals surface area contributed by atoms with Crippen LogP contribution in [0.5, 0.6) is 11.5 Å². The summed E-state index contributed by atoms with van der Waals surface area (Å²) in [6, 6.07) is 5.84. The van der Waals surface area contributed by atoms with Crippen LogP contribution in [0.25, 0.3) is 0 Å². The fourth-order valence-electron chi connectivity index (χ4n) is 2.02. The van der Waals surface area contributed by atoms with Gasteiger partial charge < -0.3 is 9.84 Å². The first-order valence-corrected chi connectivity index (χ1v) is 6.27. The summed E-state index contributed by atoms with van der Waals surface area (Å²) in [5.41, 5.74) is 2.95. The maximum absolute atomic E-state index is 13.8. The average Bonchev–Trinajstić information content (AvgIpc) is 2.38. The summed E-state index contributed by atoms with van der Waals surface area (Å²) in [5, 5.41) is 8.91. The Balaban J connectivity index is 2.45. The van der Waals surface area contributed by atoms with Gasteiger partial charge in [0.1, 0.15) is 5.75 Å². The highest BCUT2D eigenvalue weighted by atomic mass is 19.1. The molecule has 0 saturated carbocycles. The average molecular weight is 278 g/mol. The molecule has 0 aliphatic heterocycles. The van der Waals surface area contributed by atoms with E-state index in [9.17, 15) is 8.78 Å². The van der Waals surface area contributed by atoms with Gasteiger partial charge in [0.15, 0.2) is 17.4 Å². The van der Waals surface area contributed by atoms with Crippen LogP contribution in [0.2, 0.25) is 0 Å². The number of hydrogen-bond acceptors (Lipinski definition) is 2. The number of hydrogen-bond donors (Lipinski definition) is 1. The SMILES string of the molecule is Cc1cc(C)c(C)c(Oc2c(F)cc(CO)cc2F)c1. The Labute approximate surface area is 116 Å². The van der Waals surface area contributed by atoms with Crippen LogP contribution in [0.1, 0.15) is 22.3 Å². The first kappa shape index (κ1) is 14.5. The molecule has 0 bridgehead atoms. The predicted molar refractivity (Wildman–Crippen MR) is 73.0 cm³/mol. The van der Waals surface area contributed by atoms with Crippen molar-refractivity contribution in [1.29, 1.82) is 0 Å². The highest BCUT2D eigenvalue weighted by molar-refractivity contribution is 5.45. The summed E-state index contributed by atoms with van der Waals surface area (Å²) in [5.74, 6) is -1.67. The van der Waals surface area contributed by atoms with E-state index in [2.05, 4.69) is 0 Å². The van der Waals surface area contributed by atoms with E-state index in [0.717, 1.165) is 28.8 Å². The van der Waals surface area contributed by atoms with E-state index in [4.69, 9.17) is 9.84 Å². The van der Waals surface area contributed by atoms with Gasteiger partial charge in [-0.3, -0.25) is 0 Å². The Morgan fingerprint density at radius 2 is 1.60 bits per heavy atom. The minimum atomic E-state index is -0.826. The van der Waals surface area contributed by atoms with Gasteiger partial charge in [0.2, 0.25) is 0 Å². The molecule has 2 rings (SSSR count). The molecule has 0 saturated heterocycles. The van der Waals surface area contributed by atoms with Crippen LogP contribution in [0.4, 0.5) is 8.78 Å². The molecule has 2 aromatic rings. The van der Waals surface area contributed by atoms with Crippen LogP contribution in [0.3, 0.4) is 0 Å². The molecule has 2 nitrogen and oxygen atoms in total. The van der Waals surface area contributed by atoms with E-state index in [1.165, 1.54) is 0 Å². The molecule has 1 N–H and O–H groups in total. The molecule has 106 valence electrons. The molecule has 0 amide bonds. The number of benzene rings is 2. The van der Waals surface area contributed by atoms with Crippen molar-refractivity contribution < 1.29 is 18.6 Å². The molecule has 20 heavy (non-hydrogen) atoms. The van der Waals surface area contributed by atoms with Gasteiger partial charge in [-0.1, -0.05) is 6.07 Å². The van der Waals surface area contributed by atoms with Crippen LogP contribution in [-0.2, 0) is 6.61 Å². The Kier molecular flexibility index (Phi) is 4.04. The van der Waals surface area contributed by atoms with Gasteiger partial charge in [0.25, 0.3) is 0 Å². The lowest BCUT2D eigenvalue weighted by molar-refractivity contribution is 0.279. The van der Waals surface area contributed by atoms with Crippen molar-refractivity contribution in [3.63, 3.8) is 0 Å². The van der Waals surface area contributed by atoms with Gasteiger partial charge in [0.05, 0.1) is 6.61 Å². The first-order valence-electron chi connectivity index (χ1n) is 6.27. The molecule has 0 spiro atoms. The summed E-state index contributed by atoms with van der Waals surface area (Å²) in [6.07, 6.45) is 0. The smallest absolute Gasteiger partial charge is 0.198 e. The molecule has 0 heterocycles. The summed E-state index contributed by atoms with van der Waals surface area (Å²) in [7, 11) is 0. The van der Waals surface area contributed by atoms with Gasteiger partial charge in [0, 0.05) is 0 Å². The minimum absolute atomic E-state index is 0.171. The number of rotatable bonds is 3. The number of halogens is 2. The molecule has 2 aromatic carbocycles. The van der Waals surface area contributed by atoms with E-state index in [1.54, 1.807) is 6.07 Å². The van der Waals surface area contributed by atoms with Gasteiger partial charge in [-0.25, -0.2) is 8.78 Å². The Hall–Kier alpha value is -1.94. The molecule has 0 radical (unpaired) electrons. The van der Waals surface area contributed by atoms with E-state index in [-0.39, 0.29) is 5.56 Å². The van der Waals surface area contributed by atoms with Gasteiger partial charge in [-0.05, 0) is 61.2 Å². The summed E-state index contributed by atoms with van der Waals surface area (Å²) < 4.78 is 33.1. The molecule has 0 unspecified atom stereocenters. The Morgan fingerprint density at radius 3 is 2.15 bits per heavy atom. The van der Waals surface area contributed by atoms with Gasteiger partial charge in [-0.2, -0.15) is 0 Å². The molecular weight excluding hydrogens is 262 g/mol. The fourth-order valence-corrected chi connectivity index (χ4v) is 2.02. The minimum Gasteiger partial charge on any atom is -0.451 e. The third kappa shape index (κ3) is 2.80. The van der Waals surface area contributed by atoms with Gasteiger partial charge >= 0.3 is 0 Å². The van der Waals surface area contributed by atoms with Crippen molar-refractivity contribution in [3.05, 3.63) is 58.2 Å². The van der Waals surface area contributed by atoms with Crippen LogP contribution >= 0.6 is 0 Å². The monoisotopic (exact) mass is 278 g/mol. The van der Waals surface area contributed by atoms with Crippen LogP contribution in [0, 0.1) is 32.4 Å². The molecule has 0 atom stereocenters. The second-order valence-electron chi connectivity index (χ2n) is 4.85. The summed E-state index contributed by atoms with van der Waals surface area (Å²) in [4.78, 5) is 0. The van der Waals surface area contributed by atoms with Crippen molar-refractivity contribution in [2.24, 2.45) is 0 Å². The highest BCUT2D eigenvalue weighted by Gasteiger charge is 2.15. The molecule has 4 heteroatoms. The third-order valence-corrected chi connectivity index (χ3v) is 3.22. The zero-order valence-corrected chi connectivity index (χ0v) is 11.6. The lowest BCUT2D eigenvalue weighted by Gasteiger charge is -2.13. The van der Waals surface area contributed by atoms with Crippen molar-refractivity contribution in [2.45, 2.75) is 27.4 Å².